The van der Waals surface area contributed by atoms with Gasteiger partial charge in [0.15, 0.2) is 0 Å². The van der Waals surface area contributed by atoms with E-state index in [-0.39, 0.29) is 5.82 Å². The van der Waals surface area contributed by atoms with Crippen molar-refractivity contribution in [3.63, 3.8) is 0 Å². The van der Waals surface area contributed by atoms with Crippen LogP contribution in [0, 0.1) is 5.82 Å². The van der Waals surface area contributed by atoms with Crippen molar-refractivity contribution in [1.82, 2.24) is 0 Å². The summed E-state index contributed by atoms with van der Waals surface area (Å²) < 4.78 is 13.0. The molecule has 0 aliphatic carbocycles. The highest BCUT2D eigenvalue weighted by atomic mass is 19.1. The van der Waals surface area contributed by atoms with Gasteiger partial charge in [0.2, 0.25) is 0 Å². The number of anilines is 2. The zero-order valence-corrected chi connectivity index (χ0v) is 13.0. The van der Waals surface area contributed by atoms with Crippen molar-refractivity contribution < 1.29 is 4.39 Å². The van der Waals surface area contributed by atoms with Crippen molar-refractivity contribution >= 4 is 22.1 Å². The first-order valence-corrected chi connectivity index (χ1v) is 7.90. The van der Waals surface area contributed by atoms with Gasteiger partial charge in [0.25, 0.3) is 0 Å². The van der Waals surface area contributed by atoms with Crippen molar-refractivity contribution in [3.8, 4) is 11.1 Å². The van der Waals surface area contributed by atoms with Crippen LogP contribution in [0.3, 0.4) is 0 Å². The fraction of sp³-hybridized carbons (Fsp3) is 0. The minimum atomic E-state index is -0.229. The molecule has 0 bridgehead atoms. The highest BCUT2D eigenvalue weighted by Crippen LogP contribution is 2.27. The Balaban J connectivity index is 1.65. The molecule has 1 N–H and O–H groups in total. The van der Waals surface area contributed by atoms with Crippen LogP contribution in [0.15, 0.2) is 91.0 Å². The number of rotatable bonds is 3. The predicted octanol–water partition coefficient (Wildman–Crippen LogP) is 6.39. The lowest BCUT2D eigenvalue weighted by molar-refractivity contribution is 0.628. The Kier molecular flexibility index (Phi) is 3.72. The maximum absolute atomic E-state index is 13.0. The molecule has 4 aromatic rings. The van der Waals surface area contributed by atoms with Gasteiger partial charge >= 0.3 is 0 Å². The molecule has 0 radical (unpaired) electrons. The Hall–Kier alpha value is -3.13. The average Bonchev–Trinajstić information content (AvgIpc) is 2.64. The molecule has 0 aromatic heterocycles. The molecule has 0 aliphatic heterocycles. The van der Waals surface area contributed by atoms with Gasteiger partial charge < -0.3 is 5.32 Å². The molecular weight excluding hydrogens is 297 g/mol. The molecular formula is C22H16FN. The van der Waals surface area contributed by atoms with E-state index in [0.717, 1.165) is 11.4 Å². The van der Waals surface area contributed by atoms with Gasteiger partial charge in [-0.25, -0.2) is 4.39 Å². The van der Waals surface area contributed by atoms with Crippen LogP contribution in [0.5, 0.6) is 0 Å². The van der Waals surface area contributed by atoms with Gasteiger partial charge in [-0.3, -0.25) is 0 Å². The zero-order valence-electron chi connectivity index (χ0n) is 13.0. The van der Waals surface area contributed by atoms with Crippen LogP contribution < -0.4 is 5.32 Å². The largest absolute Gasteiger partial charge is 0.356 e. The molecule has 0 heterocycles. The Labute approximate surface area is 140 Å². The van der Waals surface area contributed by atoms with Crippen molar-refractivity contribution in [2.45, 2.75) is 0 Å². The van der Waals surface area contributed by atoms with E-state index >= 15 is 0 Å². The standard InChI is InChI=1S/C22H16FN/c23-20-9-12-21(13-10-20)24-22-11-8-18-14-17(6-7-19(18)15-22)16-4-2-1-3-5-16/h1-15,24H. The van der Waals surface area contributed by atoms with Gasteiger partial charge in [-0.2, -0.15) is 0 Å². The molecule has 1 nitrogen and oxygen atoms in total. The molecule has 0 atom stereocenters. The summed E-state index contributed by atoms with van der Waals surface area (Å²) >= 11 is 0. The van der Waals surface area contributed by atoms with Gasteiger partial charge in [0.05, 0.1) is 0 Å². The molecule has 4 aromatic carbocycles. The average molecular weight is 313 g/mol. The second kappa shape index (κ2) is 6.17. The molecule has 0 unspecified atom stereocenters. The summed E-state index contributed by atoms with van der Waals surface area (Å²) in [5, 5.41) is 5.67. The van der Waals surface area contributed by atoms with Gasteiger partial charge in [0.1, 0.15) is 5.82 Å². The van der Waals surface area contributed by atoms with Crippen molar-refractivity contribution in [1.29, 1.82) is 0 Å². The van der Waals surface area contributed by atoms with Crippen LogP contribution in [0.2, 0.25) is 0 Å². The Morgan fingerprint density at radius 2 is 1.21 bits per heavy atom. The summed E-state index contributed by atoms with van der Waals surface area (Å²) in [6.07, 6.45) is 0. The van der Waals surface area contributed by atoms with E-state index in [0.29, 0.717) is 0 Å². The van der Waals surface area contributed by atoms with Gasteiger partial charge in [-0.15, -0.1) is 0 Å². The van der Waals surface area contributed by atoms with E-state index in [1.807, 2.05) is 12.1 Å². The predicted molar refractivity (Wildman–Crippen MR) is 99.1 cm³/mol. The second-order valence-electron chi connectivity index (χ2n) is 5.77. The molecule has 0 saturated carbocycles. The summed E-state index contributed by atoms with van der Waals surface area (Å²) in [6, 6.07) is 29.5. The van der Waals surface area contributed by atoms with Gasteiger partial charge in [-0.05, 0) is 64.4 Å². The maximum atomic E-state index is 13.0. The molecule has 0 amide bonds. The van der Waals surface area contributed by atoms with Gasteiger partial charge in [0, 0.05) is 11.4 Å². The van der Waals surface area contributed by atoms with E-state index in [1.165, 1.54) is 34.0 Å². The fourth-order valence-electron chi connectivity index (χ4n) is 2.83. The van der Waals surface area contributed by atoms with Crippen LogP contribution in [0.25, 0.3) is 21.9 Å². The minimum Gasteiger partial charge on any atom is -0.356 e. The van der Waals surface area contributed by atoms with Crippen LogP contribution in [0.1, 0.15) is 0 Å². The lowest BCUT2D eigenvalue weighted by Gasteiger charge is -2.09. The fourth-order valence-corrected chi connectivity index (χ4v) is 2.83. The highest BCUT2D eigenvalue weighted by Gasteiger charge is 2.01. The number of benzene rings is 4. The third-order valence-electron chi connectivity index (χ3n) is 4.08. The second-order valence-corrected chi connectivity index (χ2v) is 5.77. The lowest BCUT2D eigenvalue weighted by Crippen LogP contribution is -1.90. The summed E-state index contributed by atoms with van der Waals surface area (Å²) in [5.41, 5.74) is 4.29. The summed E-state index contributed by atoms with van der Waals surface area (Å²) in [5.74, 6) is -0.229. The maximum Gasteiger partial charge on any atom is 0.123 e. The minimum absolute atomic E-state index is 0.229. The number of nitrogens with one attached hydrogen (secondary N) is 1. The number of hydrogen-bond donors (Lipinski definition) is 1. The van der Waals surface area contributed by atoms with E-state index < -0.39 is 0 Å². The smallest absolute Gasteiger partial charge is 0.123 e. The van der Waals surface area contributed by atoms with Crippen molar-refractivity contribution in [2.24, 2.45) is 0 Å². The lowest BCUT2D eigenvalue weighted by atomic mass is 10.0. The van der Waals surface area contributed by atoms with E-state index in [2.05, 4.69) is 59.9 Å². The first-order chi connectivity index (χ1) is 11.8. The van der Waals surface area contributed by atoms with E-state index in [9.17, 15) is 4.39 Å². The van der Waals surface area contributed by atoms with Gasteiger partial charge in [-0.1, -0.05) is 48.5 Å². The van der Waals surface area contributed by atoms with E-state index in [4.69, 9.17) is 0 Å². The third-order valence-corrected chi connectivity index (χ3v) is 4.08. The SMILES string of the molecule is Fc1ccc(Nc2ccc3cc(-c4ccccc4)ccc3c2)cc1. The Morgan fingerprint density at radius 1 is 0.542 bits per heavy atom. The van der Waals surface area contributed by atoms with Crippen LogP contribution in [-0.2, 0) is 0 Å². The summed E-state index contributed by atoms with van der Waals surface area (Å²) in [6.45, 7) is 0. The van der Waals surface area contributed by atoms with Crippen LogP contribution in [0.4, 0.5) is 15.8 Å². The molecule has 2 heteroatoms. The summed E-state index contributed by atoms with van der Waals surface area (Å²) in [7, 11) is 0. The Morgan fingerprint density at radius 3 is 2.00 bits per heavy atom. The van der Waals surface area contributed by atoms with Crippen molar-refractivity contribution in [2.75, 3.05) is 5.32 Å². The Bertz CT molecular complexity index is 976. The van der Waals surface area contributed by atoms with Crippen LogP contribution >= 0.6 is 0 Å². The first-order valence-electron chi connectivity index (χ1n) is 7.90. The van der Waals surface area contributed by atoms with Crippen LogP contribution in [-0.4, -0.2) is 0 Å². The zero-order chi connectivity index (χ0) is 16.4. The molecule has 116 valence electrons. The van der Waals surface area contributed by atoms with E-state index in [1.54, 1.807) is 12.1 Å². The highest BCUT2D eigenvalue weighted by molar-refractivity contribution is 5.90. The third kappa shape index (κ3) is 2.99. The number of hydrogen-bond acceptors (Lipinski definition) is 1. The first kappa shape index (κ1) is 14.5. The molecule has 0 fully saturated rings. The topological polar surface area (TPSA) is 12.0 Å². The number of halogens is 1. The molecule has 24 heavy (non-hydrogen) atoms. The monoisotopic (exact) mass is 313 g/mol. The summed E-state index contributed by atoms with van der Waals surface area (Å²) in [4.78, 5) is 0. The molecule has 4 rings (SSSR count). The quantitative estimate of drug-likeness (QED) is 0.462. The number of fused-ring (bicyclic) bond motifs is 1. The molecule has 0 spiro atoms. The molecule has 0 aliphatic rings. The molecule has 0 saturated heterocycles. The normalized spacial score (nSPS) is 10.7. The van der Waals surface area contributed by atoms with Crippen molar-refractivity contribution in [3.05, 3.63) is 96.8 Å².